The van der Waals surface area contributed by atoms with Crippen LogP contribution in [-0.4, -0.2) is 11.9 Å². The average Bonchev–Trinajstić information content (AvgIpc) is 3.03. The first kappa shape index (κ1) is 21.4. The maximum absolute atomic E-state index is 11.7. The van der Waals surface area contributed by atoms with Crippen LogP contribution in [0.25, 0.3) is 6.08 Å². The molecule has 1 aliphatic heterocycles. The summed E-state index contributed by atoms with van der Waals surface area (Å²) in [5.41, 5.74) is 7.29. The molecule has 4 nitrogen and oxygen atoms in total. The largest absolute Gasteiger partial charge is 0.326 e. The molecule has 0 bridgehead atoms. The van der Waals surface area contributed by atoms with Crippen molar-refractivity contribution in [3.8, 4) is 0 Å². The van der Waals surface area contributed by atoms with Gasteiger partial charge in [-0.3, -0.25) is 10.1 Å². The fourth-order valence-electron chi connectivity index (χ4n) is 4.78. The fourth-order valence-corrected chi connectivity index (χ4v) is 4.78. The maximum Gasteiger partial charge on any atom is 0.326 e. The van der Waals surface area contributed by atoms with Gasteiger partial charge in [-0.25, -0.2) is 4.79 Å². The van der Waals surface area contributed by atoms with Crippen LogP contribution < -0.4 is 10.6 Å². The third-order valence-electron chi connectivity index (χ3n) is 7.00. The normalized spacial score (nSPS) is 21.4. The van der Waals surface area contributed by atoms with E-state index in [2.05, 4.69) is 75.6 Å². The van der Waals surface area contributed by atoms with Crippen molar-refractivity contribution in [2.24, 2.45) is 0 Å². The minimum absolute atomic E-state index is 0.220. The van der Waals surface area contributed by atoms with Crippen LogP contribution in [0.4, 0.5) is 4.79 Å². The molecule has 0 spiro atoms. The van der Waals surface area contributed by atoms with E-state index in [0.29, 0.717) is 5.92 Å². The molecule has 1 aliphatic carbocycles. The van der Waals surface area contributed by atoms with Crippen LogP contribution in [0, 0.1) is 0 Å². The molecule has 4 rings (SSSR count). The fraction of sp³-hybridized carbons (Fsp3) is 0.407. The van der Waals surface area contributed by atoms with E-state index >= 15 is 0 Å². The van der Waals surface area contributed by atoms with Gasteiger partial charge in [0.25, 0.3) is 5.91 Å². The Morgan fingerprint density at radius 3 is 2.16 bits per heavy atom. The molecule has 0 radical (unpaired) electrons. The molecule has 1 atom stereocenters. The van der Waals surface area contributed by atoms with Crippen molar-refractivity contribution in [2.45, 2.75) is 70.6 Å². The highest BCUT2D eigenvalue weighted by atomic mass is 16.2. The van der Waals surface area contributed by atoms with Gasteiger partial charge >= 0.3 is 6.03 Å². The smallest absolute Gasteiger partial charge is 0.303 e. The molecule has 1 saturated heterocycles. The number of imide groups is 1. The number of amides is 3. The van der Waals surface area contributed by atoms with Crippen molar-refractivity contribution >= 4 is 18.0 Å². The van der Waals surface area contributed by atoms with Crippen molar-refractivity contribution in [1.29, 1.82) is 0 Å². The predicted octanol–water partition coefficient (Wildman–Crippen LogP) is 5.56. The zero-order valence-electron chi connectivity index (χ0n) is 19.1. The van der Waals surface area contributed by atoms with Crippen LogP contribution in [0.15, 0.2) is 48.2 Å². The standard InChI is InChI=1S/C27H32N2O2/c1-17(20-10-11-21-22(16-20)27(4,5)13-12-26(21,2)3)14-18-6-8-19(9-7-18)15-23-24(30)29-25(31)28-23/h6-11,15-17H,12-14H2,1-5H3,(H2,28,29,30,31). The molecule has 4 heteroatoms. The number of urea groups is 1. The monoisotopic (exact) mass is 416 g/mol. The van der Waals surface area contributed by atoms with Crippen LogP contribution in [0.3, 0.4) is 0 Å². The van der Waals surface area contributed by atoms with Gasteiger partial charge < -0.3 is 5.32 Å². The molecule has 1 fully saturated rings. The van der Waals surface area contributed by atoms with E-state index < -0.39 is 6.03 Å². The summed E-state index contributed by atoms with van der Waals surface area (Å²) >= 11 is 0. The van der Waals surface area contributed by atoms with Crippen LogP contribution in [-0.2, 0) is 22.0 Å². The quantitative estimate of drug-likeness (QED) is 0.506. The molecule has 31 heavy (non-hydrogen) atoms. The number of carbonyl (C=O) groups excluding carboxylic acids is 2. The summed E-state index contributed by atoms with van der Waals surface area (Å²) in [6.07, 6.45) is 5.10. The van der Waals surface area contributed by atoms with Crippen molar-refractivity contribution in [3.05, 3.63) is 76.0 Å². The Bertz CT molecular complexity index is 1060. The Labute approximate surface area is 185 Å². The Morgan fingerprint density at radius 1 is 0.903 bits per heavy atom. The lowest BCUT2D eigenvalue weighted by Gasteiger charge is -2.42. The van der Waals surface area contributed by atoms with Gasteiger partial charge in [-0.05, 0) is 69.9 Å². The van der Waals surface area contributed by atoms with Gasteiger partial charge in [0.05, 0.1) is 0 Å². The first-order valence-corrected chi connectivity index (χ1v) is 11.1. The van der Waals surface area contributed by atoms with Gasteiger partial charge in [-0.1, -0.05) is 77.1 Å². The second-order valence-electron chi connectivity index (χ2n) is 10.4. The van der Waals surface area contributed by atoms with E-state index in [1.165, 1.54) is 35.1 Å². The summed E-state index contributed by atoms with van der Waals surface area (Å²) in [5.74, 6) is 0.0245. The van der Waals surface area contributed by atoms with Crippen LogP contribution in [0.2, 0.25) is 0 Å². The lowest BCUT2D eigenvalue weighted by Crippen LogP contribution is -2.34. The van der Waals surface area contributed by atoms with E-state index in [1.807, 2.05) is 12.1 Å². The minimum Gasteiger partial charge on any atom is -0.303 e. The first-order chi connectivity index (χ1) is 14.5. The molecule has 162 valence electrons. The molecule has 2 aromatic rings. The van der Waals surface area contributed by atoms with Gasteiger partial charge in [0, 0.05) is 0 Å². The molecule has 3 amide bonds. The number of hydrogen-bond acceptors (Lipinski definition) is 2. The Morgan fingerprint density at radius 2 is 1.55 bits per heavy atom. The summed E-state index contributed by atoms with van der Waals surface area (Å²) in [4.78, 5) is 22.9. The van der Waals surface area contributed by atoms with Gasteiger partial charge in [0.1, 0.15) is 5.70 Å². The molecule has 2 aliphatic rings. The zero-order chi connectivity index (χ0) is 22.4. The van der Waals surface area contributed by atoms with Gasteiger partial charge in [0.15, 0.2) is 0 Å². The van der Waals surface area contributed by atoms with Crippen LogP contribution >= 0.6 is 0 Å². The molecule has 0 saturated carbocycles. The van der Waals surface area contributed by atoms with Crippen LogP contribution in [0.1, 0.15) is 81.2 Å². The van der Waals surface area contributed by atoms with E-state index in [0.717, 1.165) is 12.0 Å². The molecule has 0 aromatic heterocycles. The van der Waals surface area contributed by atoms with Crippen molar-refractivity contribution < 1.29 is 9.59 Å². The summed E-state index contributed by atoms with van der Waals surface area (Å²) < 4.78 is 0. The van der Waals surface area contributed by atoms with E-state index in [9.17, 15) is 9.59 Å². The molecular formula is C27H32N2O2. The SMILES string of the molecule is CC(Cc1ccc(C=C2NC(=O)NC2=O)cc1)c1ccc2c(c1)C(C)(C)CCC2(C)C. The second kappa shape index (κ2) is 7.67. The third-order valence-corrected chi connectivity index (χ3v) is 7.00. The number of fused-ring (bicyclic) bond motifs is 1. The molecule has 1 heterocycles. The van der Waals surface area contributed by atoms with Gasteiger partial charge in [-0.15, -0.1) is 0 Å². The Hall–Kier alpha value is -2.88. The number of hydrogen-bond donors (Lipinski definition) is 2. The van der Waals surface area contributed by atoms with Crippen LogP contribution in [0.5, 0.6) is 0 Å². The van der Waals surface area contributed by atoms with Crippen molar-refractivity contribution in [3.63, 3.8) is 0 Å². The summed E-state index contributed by atoms with van der Waals surface area (Å²) in [6, 6.07) is 14.8. The summed E-state index contributed by atoms with van der Waals surface area (Å²) in [6.45, 7) is 11.8. The number of carbonyl (C=O) groups is 2. The van der Waals surface area contributed by atoms with Crippen molar-refractivity contribution in [2.75, 3.05) is 0 Å². The molecule has 1 unspecified atom stereocenters. The summed E-state index contributed by atoms with van der Waals surface area (Å²) in [7, 11) is 0. The maximum atomic E-state index is 11.7. The Kier molecular flexibility index (Phi) is 5.28. The lowest BCUT2D eigenvalue weighted by atomic mass is 9.62. The topological polar surface area (TPSA) is 58.2 Å². The number of nitrogens with one attached hydrogen (secondary N) is 2. The van der Waals surface area contributed by atoms with Gasteiger partial charge in [0.2, 0.25) is 0 Å². The Balaban J connectivity index is 1.51. The number of benzene rings is 2. The van der Waals surface area contributed by atoms with E-state index in [1.54, 1.807) is 6.08 Å². The predicted molar refractivity (Wildman–Crippen MR) is 125 cm³/mol. The number of rotatable bonds is 4. The van der Waals surface area contributed by atoms with Crippen molar-refractivity contribution in [1.82, 2.24) is 10.6 Å². The molecular weight excluding hydrogens is 384 g/mol. The highest BCUT2D eigenvalue weighted by Gasteiger charge is 2.37. The second-order valence-corrected chi connectivity index (χ2v) is 10.4. The third kappa shape index (κ3) is 4.30. The highest BCUT2D eigenvalue weighted by molar-refractivity contribution is 6.13. The first-order valence-electron chi connectivity index (χ1n) is 11.1. The van der Waals surface area contributed by atoms with Gasteiger partial charge in [-0.2, -0.15) is 0 Å². The van der Waals surface area contributed by atoms with E-state index in [-0.39, 0.29) is 22.4 Å². The lowest BCUT2D eigenvalue weighted by molar-refractivity contribution is -0.115. The highest BCUT2D eigenvalue weighted by Crippen LogP contribution is 2.46. The zero-order valence-corrected chi connectivity index (χ0v) is 19.1. The minimum atomic E-state index is -0.474. The average molecular weight is 417 g/mol. The summed E-state index contributed by atoms with van der Waals surface area (Å²) in [5, 5.41) is 4.74. The van der Waals surface area contributed by atoms with E-state index in [4.69, 9.17) is 0 Å². The molecule has 2 aromatic carbocycles. The molecule has 2 N–H and O–H groups in total.